The first-order chi connectivity index (χ1) is 8.19. The molecule has 0 aromatic heterocycles. The third kappa shape index (κ3) is 4.36. The van der Waals surface area contributed by atoms with Crippen molar-refractivity contribution in [2.45, 2.75) is 45.4 Å². The van der Waals surface area contributed by atoms with Gasteiger partial charge >= 0.3 is 5.97 Å². The van der Waals surface area contributed by atoms with Crippen LogP contribution in [0.25, 0.3) is 0 Å². The highest BCUT2D eigenvalue weighted by atomic mass is 16.5. The first-order valence-electron chi connectivity index (χ1n) is 6.53. The minimum atomic E-state index is -0.126. The summed E-state index contributed by atoms with van der Waals surface area (Å²) >= 11 is 0. The van der Waals surface area contributed by atoms with E-state index in [-0.39, 0.29) is 23.7 Å². The quantitative estimate of drug-likeness (QED) is 0.748. The van der Waals surface area contributed by atoms with Crippen molar-refractivity contribution in [3.8, 4) is 0 Å². The van der Waals surface area contributed by atoms with E-state index in [9.17, 15) is 9.59 Å². The molecule has 98 valence electrons. The largest absolute Gasteiger partial charge is 0.469 e. The van der Waals surface area contributed by atoms with Gasteiger partial charge in [-0.1, -0.05) is 19.8 Å². The topological polar surface area (TPSA) is 55.4 Å². The number of carbonyl (C=O) groups is 2. The molecule has 0 aliphatic heterocycles. The molecule has 17 heavy (non-hydrogen) atoms. The first-order valence-corrected chi connectivity index (χ1v) is 6.53. The smallest absolute Gasteiger partial charge is 0.309 e. The molecule has 4 heteroatoms. The molecule has 0 saturated heterocycles. The van der Waals surface area contributed by atoms with Crippen LogP contribution in [0.1, 0.15) is 45.4 Å². The summed E-state index contributed by atoms with van der Waals surface area (Å²) in [4.78, 5) is 23.0. The van der Waals surface area contributed by atoms with Crippen LogP contribution in [0.2, 0.25) is 0 Å². The van der Waals surface area contributed by atoms with E-state index in [1.165, 1.54) is 7.11 Å². The summed E-state index contributed by atoms with van der Waals surface area (Å²) in [7, 11) is 1.43. The number of ether oxygens (including phenoxy) is 1. The van der Waals surface area contributed by atoms with Crippen LogP contribution in [0.5, 0.6) is 0 Å². The van der Waals surface area contributed by atoms with Gasteiger partial charge in [0, 0.05) is 13.0 Å². The predicted molar refractivity (Wildman–Crippen MR) is 65.4 cm³/mol. The molecule has 2 atom stereocenters. The minimum absolute atomic E-state index is 0.0318. The number of hydrogen-bond acceptors (Lipinski definition) is 3. The van der Waals surface area contributed by atoms with Crippen molar-refractivity contribution in [1.82, 2.24) is 5.32 Å². The Kier molecular flexibility index (Phi) is 6.01. The molecule has 0 aromatic carbocycles. The lowest BCUT2D eigenvalue weighted by atomic mass is 9.79. The molecule has 1 rings (SSSR count). The van der Waals surface area contributed by atoms with Crippen molar-refractivity contribution in [2.75, 3.05) is 13.7 Å². The maximum Gasteiger partial charge on any atom is 0.309 e. The molecule has 1 aliphatic carbocycles. The van der Waals surface area contributed by atoms with Gasteiger partial charge in [-0.05, 0) is 25.2 Å². The summed E-state index contributed by atoms with van der Waals surface area (Å²) < 4.78 is 4.82. The molecule has 0 spiro atoms. The summed E-state index contributed by atoms with van der Waals surface area (Å²) in [5, 5.41) is 2.92. The van der Waals surface area contributed by atoms with Crippen LogP contribution in [0.3, 0.4) is 0 Å². The Morgan fingerprint density at radius 3 is 2.65 bits per heavy atom. The van der Waals surface area contributed by atoms with Crippen LogP contribution < -0.4 is 5.32 Å². The highest BCUT2D eigenvalue weighted by molar-refractivity contribution is 5.76. The Morgan fingerprint density at radius 2 is 2.00 bits per heavy atom. The molecule has 2 unspecified atom stereocenters. The number of hydrogen-bond donors (Lipinski definition) is 1. The van der Waals surface area contributed by atoms with Gasteiger partial charge in [0.05, 0.1) is 13.0 Å². The maximum atomic E-state index is 11.6. The van der Waals surface area contributed by atoms with Crippen molar-refractivity contribution < 1.29 is 14.3 Å². The predicted octanol–water partition coefficient (Wildman–Crippen LogP) is 1.88. The first kappa shape index (κ1) is 14.0. The molecule has 1 fully saturated rings. The molecular formula is C13H23NO3. The fraction of sp³-hybridized carbons (Fsp3) is 0.846. The highest BCUT2D eigenvalue weighted by Gasteiger charge is 2.31. The van der Waals surface area contributed by atoms with Crippen LogP contribution in [0.4, 0.5) is 0 Å². The van der Waals surface area contributed by atoms with E-state index >= 15 is 0 Å². The summed E-state index contributed by atoms with van der Waals surface area (Å²) in [5.41, 5.74) is 0. The van der Waals surface area contributed by atoms with Crippen molar-refractivity contribution in [3.05, 3.63) is 0 Å². The van der Waals surface area contributed by atoms with Crippen LogP contribution in [0, 0.1) is 11.8 Å². The lowest BCUT2D eigenvalue weighted by molar-refractivity contribution is -0.148. The van der Waals surface area contributed by atoms with Crippen LogP contribution in [-0.2, 0) is 14.3 Å². The second-order valence-electron chi connectivity index (χ2n) is 4.73. The zero-order valence-electron chi connectivity index (χ0n) is 10.8. The summed E-state index contributed by atoms with van der Waals surface area (Å²) in [5.74, 6) is 0.175. The fourth-order valence-electron chi connectivity index (χ4n) is 2.47. The van der Waals surface area contributed by atoms with E-state index < -0.39 is 0 Å². The average Bonchev–Trinajstić information content (AvgIpc) is 2.36. The van der Waals surface area contributed by atoms with Gasteiger partial charge in [-0.25, -0.2) is 0 Å². The highest BCUT2D eigenvalue weighted by Crippen LogP contribution is 2.30. The number of carbonyl (C=O) groups excluding carboxylic acids is 2. The minimum Gasteiger partial charge on any atom is -0.469 e. The summed E-state index contributed by atoms with van der Waals surface area (Å²) in [6.45, 7) is 2.59. The van der Waals surface area contributed by atoms with Crippen molar-refractivity contribution in [1.29, 1.82) is 0 Å². The van der Waals surface area contributed by atoms with E-state index in [2.05, 4.69) is 5.32 Å². The molecular weight excluding hydrogens is 218 g/mol. The molecule has 1 aliphatic rings. The summed E-state index contributed by atoms with van der Waals surface area (Å²) in [6, 6.07) is 0. The van der Waals surface area contributed by atoms with Crippen LogP contribution >= 0.6 is 0 Å². The van der Waals surface area contributed by atoms with Crippen LogP contribution in [0.15, 0.2) is 0 Å². The molecule has 1 amide bonds. The van der Waals surface area contributed by atoms with E-state index in [0.717, 1.165) is 32.1 Å². The van der Waals surface area contributed by atoms with Gasteiger partial charge in [-0.3, -0.25) is 9.59 Å². The summed E-state index contributed by atoms with van der Waals surface area (Å²) in [6.07, 6.45) is 5.54. The zero-order valence-corrected chi connectivity index (χ0v) is 10.8. The number of methoxy groups -OCH3 is 1. The fourth-order valence-corrected chi connectivity index (χ4v) is 2.47. The van der Waals surface area contributed by atoms with Gasteiger partial charge in [0.1, 0.15) is 0 Å². The second kappa shape index (κ2) is 7.30. The maximum absolute atomic E-state index is 11.6. The third-order valence-corrected chi connectivity index (χ3v) is 3.45. The van der Waals surface area contributed by atoms with E-state index in [1.54, 1.807) is 0 Å². The second-order valence-corrected chi connectivity index (χ2v) is 4.73. The van der Waals surface area contributed by atoms with E-state index in [4.69, 9.17) is 4.74 Å². The van der Waals surface area contributed by atoms with Gasteiger partial charge in [0.2, 0.25) is 5.91 Å². The van der Waals surface area contributed by atoms with Crippen molar-refractivity contribution in [3.63, 3.8) is 0 Å². The van der Waals surface area contributed by atoms with Gasteiger partial charge in [-0.2, -0.15) is 0 Å². The standard InChI is InChI=1S/C13H23NO3/c1-3-6-12(15)14-9-10-7-4-5-8-11(10)13(16)17-2/h10-11H,3-9H2,1-2H3,(H,14,15). The van der Waals surface area contributed by atoms with Gasteiger partial charge in [0.25, 0.3) is 0 Å². The van der Waals surface area contributed by atoms with Crippen molar-refractivity contribution in [2.24, 2.45) is 11.8 Å². The Bertz CT molecular complexity index is 265. The van der Waals surface area contributed by atoms with Gasteiger partial charge in [0.15, 0.2) is 0 Å². The van der Waals surface area contributed by atoms with Gasteiger partial charge < -0.3 is 10.1 Å². The third-order valence-electron chi connectivity index (χ3n) is 3.45. The molecule has 0 bridgehead atoms. The average molecular weight is 241 g/mol. The number of rotatable bonds is 5. The lowest BCUT2D eigenvalue weighted by Crippen LogP contribution is -2.37. The Labute approximate surface area is 103 Å². The molecule has 0 heterocycles. The van der Waals surface area contributed by atoms with E-state index in [1.807, 2.05) is 6.92 Å². The van der Waals surface area contributed by atoms with E-state index in [0.29, 0.717) is 13.0 Å². The van der Waals surface area contributed by atoms with Gasteiger partial charge in [-0.15, -0.1) is 0 Å². The zero-order chi connectivity index (χ0) is 12.7. The monoisotopic (exact) mass is 241 g/mol. The SMILES string of the molecule is CCCC(=O)NCC1CCCCC1C(=O)OC. The lowest BCUT2D eigenvalue weighted by Gasteiger charge is -2.29. The Morgan fingerprint density at radius 1 is 1.29 bits per heavy atom. The molecule has 4 nitrogen and oxygen atoms in total. The number of esters is 1. The molecule has 1 saturated carbocycles. The molecule has 0 aromatic rings. The molecule has 0 radical (unpaired) electrons. The Hall–Kier alpha value is -1.06. The number of amides is 1. The Balaban J connectivity index is 2.42. The van der Waals surface area contributed by atoms with Crippen molar-refractivity contribution >= 4 is 11.9 Å². The van der Waals surface area contributed by atoms with Crippen LogP contribution in [-0.4, -0.2) is 25.5 Å². The normalized spacial score (nSPS) is 24.1. The molecule has 1 N–H and O–H groups in total. The number of nitrogens with one attached hydrogen (secondary N) is 1.